The van der Waals surface area contributed by atoms with Gasteiger partial charge in [-0.1, -0.05) is 5.16 Å². The molecule has 82 valence electrons. The van der Waals surface area contributed by atoms with Crippen molar-refractivity contribution < 1.29 is 14.2 Å². The molecule has 0 fully saturated rings. The van der Waals surface area contributed by atoms with Crippen LogP contribution in [0.3, 0.4) is 0 Å². The highest BCUT2D eigenvalue weighted by Crippen LogP contribution is 2.09. The van der Waals surface area contributed by atoms with E-state index in [9.17, 15) is 9.59 Å². The van der Waals surface area contributed by atoms with E-state index < -0.39 is 11.6 Å². The van der Waals surface area contributed by atoms with Crippen molar-refractivity contribution in [3.05, 3.63) is 39.4 Å². The topological polar surface area (TPSA) is 84.7 Å². The third kappa shape index (κ3) is 2.00. The van der Waals surface area contributed by atoms with Crippen molar-refractivity contribution >= 4 is 18.3 Å². The fourth-order valence-corrected chi connectivity index (χ4v) is 1.23. The highest BCUT2D eigenvalue weighted by molar-refractivity contribution is 6.12. The molecule has 6 heteroatoms. The molecular weight excluding hydrogens is 212 g/mol. The zero-order chi connectivity index (χ0) is 11.5. The Morgan fingerprint density at radius 2 is 2.31 bits per heavy atom. The highest BCUT2D eigenvalue weighted by atomic mass is 16.7. The first kappa shape index (κ1) is 10.2. The summed E-state index contributed by atoms with van der Waals surface area (Å²) >= 11 is 0. The lowest BCUT2D eigenvalue weighted by Gasteiger charge is -1.91. The molecule has 6 nitrogen and oxygen atoms in total. The largest absolute Gasteiger partial charge is 0.367 e. The average molecular weight is 220 g/mol. The second-order valence-corrected chi connectivity index (χ2v) is 3.21. The Kier molecular flexibility index (Phi) is 2.55. The maximum absolute atomic E-state index is 11.1. The number of carbonyl (C=O) groups is 1. The number of aromatic amines is 1. The van der Waals surface area contributed by atoms with Crippen LogP contribution in [0.4, 0.5) is 0 Å². The van der Waals surface area contributed by atoms with Crippen LogP contribution >= 0.6 is 0 Å². The summed E-state index contributed by atoms with van der Waals surface area (Å²) in [5.74, 6) is -0.506. The van der Waals surface area contributed by atoms with Crippen LogP contribution in [0.25, 0.3) is 6.08 Å². The van der Waals surface area contributed by atoms with Crippen LogP contribution in [0.1, 0.15) is 12.5 Å². The smallest absolute Gasteiger partial charge is 0.338 e. The molecule has 1 aliphatic rings. The standard InChI is InChI=1S/C10H8N2O4/c1-6(2-7-4-11-15-9(7)13)3-8-5-12-16-10(8)14/h2-5,11H,1H3. The first-order valence-corrected chi connectivity index (χ1v) is 4.48. The van der Waals surface area contributed by atoms with Gasteiger partial charge < -0.3 is 9.36 Å². The first-order valence-electron chi connectivity index (χ1n) is 4.48. The second-order valence-electron chi connectivity index (χ2n) is 3.21. The molecule has 2 heterocycles. The monoisotopic (exact) mass is 220 g/mol. The zero-order valence-corrected chi connectivity index (χ0v) is 8.39. The number of hydrogen-bond acceptors (Lipinski definition) is 5. The van der Waals surface area contributed by atoms with Crippen molar-refractivity contribution in [2.45, 2.75) is 6.92 Å². The predicted octanol–water partition coefficient (Wildman–Crippen LogP) is 0.840. The lowest BCUT2D eigenvalue weighted by molar-refractivity contribution is -0.136. The maximum Gasteiger partial charge on any atom is 0.367 e. The van der Waals surface area contributed by atoms with Gasteiger partial charge in [-0.2, -0.15) is 0 Å². The minimum atomic E-state index is -0.506. The number of hydrogen-bond donors (Lipinski definition) is 1. The Bertz CT molecular complexity index is 559. The quantitative estimate of drug-likeness (QED) is 0.591. The molecule has 1 aromatic heterocycles. The van der Waals surface area contributed by atoms with Crippen LogP contribution in [-0.4, -0.2) is 17.3 Å². The summed E-state index contributed by atoms with van der Waals surface area (Å²) in [6.07, 6.45) is 5.92. The van der Waals surface area contributed by atoms with E-state index in [0.29, 0.717) is 16.7 Å². The molecule has 0 saturated heterocycles. The van der Waals surface area contributed by atoms with Gasteiger partial charge in [-0.25, -0.2) is 14.7 Å². The molecule has 0 bridgehead atoms. The minimum absolute atomic E-state index is 0.341. The van der Waals surface area contributed by atoms with Crippen LogP contribution < -0.4 is 5.63 Å². The van der Waals surface area contributed by atoms with E-state index in [-0.39, 0.29) is 0 Å². The molecule has 0 atom stereocenters. The summed E-state index contributed by atoms with van der Waals surface area (Å²) < 4.78 is 4.49. The van der Waals surface area contributed by atoms with E-state index in [4.69, 9.17) is 0 Å². The van der Waals surface area contributed by atoms with Gasteiger partial charge in [-0.15, -0.1) is 0 Å². The molecule has 0 amide bonds. The van der Waals surface area contributed by atoms with Crippen molar-refractivity contribution in [2.24, 2.45) is 5.16 Å². The molecule has 0 spiro atoms. The Morgan fingerprint density at radius 3 is 2.88 bits per heavy atom. The van der Waals surface area contributed by atoms with Crippen LogP contribution in [0.2, 0.25) is 0 Å². The summed E-state index contributed by atoms with van der Waals surface area (Å²) in [7, 11) is 0. The third-order valence-corrected chi connectivity index (χ3v) is 1.93. The molecule has 0 saturated carbocycles. The Morgan fingerprint density at radius 1 is 1.50 bits per heavy atom. The number of nitrogens with zero attached hydrogens (tertiary/aromatic N) is 1. The molecule has 1 aromatic rings. The van der Waals surface area contributed by atoms with E-state index in [1.54, 1.807) is 19.1 Å². The Hall–Kier alpha value is -2.37. The molecule has 0 radical (unpaired) electrons. The summed E-state index contributed by atoms with van der Waals surface area (Å²) in [5.41, 5.74) is 0.985. The predicted molar refractivity (Wildman–Crippen MR) is 55.6 cm³/mol. The highest BCUT2D eigenvalue weighted by Gasteiger charge is 2.14. The van der Waals surface area contributed by atoms with Crippen LogP contribution in [0.15, 0.2) is 37.9 Å². The number of nitrogens with one attached hydrogen (secondary N) is 1. The fraction of sp³-hybridized carbons (Fsp3) is 0.100. The van der Waals surface area contributed by atoms with Gasteiger partial charge in [0.05, 0.1) is 23.5 Å². The van der Waals surface area contributed by atoms with Gasteiger partial charge in [0.15, 0.2) is 0 Å². The van der Waals surface area contributed by atoms with E-state index in [0.717, 1.165) is 0 Å². The lowest BCUT2D eigenvalue weighted by atomic mass is 10.1. The van der Waals surface area contributed by atoms with Gasteiger partial charge in [-0.05, 0) is 24.6 Å². The normalized spacial score (nSPS) is 18.2. The average Bonchev–Trinajstić information content (AvgIpc) is 2.79. The van der Waals surface area contributed by atoms with E-state index >= 15 is 0 Å². The van der Waals surface area contributed by atoms with Gasteiger partial charge in [0.25, 0.3) is 0 Å². The van der Waals surface area contributed by atoms with Gasteiger partial charge in [0, 0.05) is 0 Å². The molecule has 16 heavy (non-hydrogen) atoms. The molecule has 0 aromatic carbocycles. The first-order chi connectivity index (χ1) is 7.66. The van der Waals surface area contributed by atoms with E-state index in [1.807, 2.05) is 0 Å². The number of H-pyrrole nitrogens is 1. The van der Waals surface area contributed by atoms with Crippen molar-refractivity contribution in [2.75, 3.05) is 0 Å². The van der Waals surface area contributed by atoms with Crippen molar-refractivity contribution in [1.82, 2.24) is 5.16 Å². The van der Waals surface area contributed by atoms with Gasteiger partial charge in [0.2, 0.25) is 0 Å². The van der Waals surface area contributed by atoms with Crippen molar-refractivity contribution in [1.29, 1.82) is 0 Å². The molecule has 0 aliphatic carbocycles. The third-order valence-electron chi connectivity index (χ3n) is 1.93. The number of allylic oxidation sites excluding steroid dienone is 2. The molecule has 1 N–H and O–H groups in total. The SMILES string of the molecule is CC(=Cc1c[nH]oc1=O)C=C1C=NOC1=O. The van der Waals surface area contributed by atoms with Crippen LogP contribution in [0, 0.1) is 0 Å². The number of rotatable bonds is 2. The maximum atomic E-state index is 11.1. The minimum Gasteiger partial charge on any atom is -0.338 e. The van der Waals surface area contributed by atoms with Gasteiger partial charge in [-0.3, -0.25) is 0 Å². The van der Waals surface area contributed by atoms with Crippen LogP contribution in [-0.2, 0) is 9.63 Å². The Balaban J connectivity index is 2.27. The van der Waals surface area contributed by atoms with E-state index in [1.165, 1.54) is 12.4 Å². The number of oxime groups is 1. The van der Waals surface area contributed by atoms with E-state index in [2.05, 4.69) is 19.7 Å². The summed E-state index contributed by atoms with van der Waals surface area (Å²) in [4.78, 5) is 26.5. The molecule has 1 aliphatic heterocycles. The fourth-order valence-electron chi connectivity index (χ4n) is 1.23. The Labute approximate surface area is 89.9 Å². The van der Waals surface area contributed by atoms with Gasteiger partial charge >= 0.3 is 11.6 Å². The summed E-state index contributed by atoms with van der Waals surface area (Å²) in [5, 5.41) is 5.69. The van der Waals surface area contributed by atoms with Crippen molar-refractivity contribution in [3.63, 3.8) is 0 Å². The molecule has 0 unspecified atom stereocenters. The van der Waals surface area contributed by atoms with Crippen molar-refractivity contribution in [3.8, 4) is 0 Å². The molecule has 2 rings (SSSR count). The number of carbonyl (C=O) groups excluding carboxylic acids is 1. The van der Waals surface area contributed by atoms with Crippen LogP contribution in [0.5, 0.6) is 0 Å². The summed E-state index contributed by atoms with van der Waals surface area (Å²) in [6, 6.07) is 0. The number of aromatic nitrogens is 1. The summed E-state index contributed by atoms with van der Waals surface area (Å²) in [6.45, 7) is 1.75. The molecular formula is C10H8N2O4. The van der Waals surface area contributed by atoms with Gasteiger partial charge in [0.1, 0.15) is 0 Å². The second kappa shape index (κ2) is 4.01. The zero-order valence-electron chi connectivity index (χ0n) is 8.39. The lowest BCUT2D eigenvalue weighted by Crippen LogP contribution is -1.98.